The van der Waals surface area contributed by atoms with Crippen molar-refractivity contribution in [3.63, 3.8) is 0 Å². The third-order valence-corrected chi connectivity index (χ3v) is 3.38. The molecule has 0 N–H and O–H groups in total. The van der Waals surface area contributed by atoms with E-state index in [0.29, 0.717) is 24.7 Å². The quantitative estimate of drug-likeness (QED) is 0.749. The summed E-state index contributed by atoms with van der Waals surface area (Å²) in [6.45, 7) is 0.509. The lowest BCUT2D eigenvalue weighted by atomic mass is 10.00. The first-order chi connectivity index (χ1) is 8.34. The van der Waals surface area contributed by atoms with Gasteiger partial charge in [0.1, 0.15) is 11.5 Å². The lowest BCUT2D eigenvalue weighted by Gasteiger charge is -2.08. The fourth-order valence-corrected chi connectivity index (χ4v) is 2.44. The van der Waals surface area contributed by atoms with Crippen molar-refractivity contribution in [3.05, 3.63) is 30.3 Å². The van der Waals surface area contributed by atoms with Crippen molar-refractivity contribution in [1.82, 2.24) is 0 Å². The van der Waals surface area contributed by atoms with Gasteiger partial charge in [0, 0.05) is 12.8 Å². The predicted octanol–water partition coefficient (Wildman–Crippen LogP) is 3.60. The fourth-order valence-electron chi connectivity index (χ4n) is 2.44. The Morgan fingerprint density at radius 2 is 1.88 bits per heavy atom. The van der Waals surface area contributed by atoms with E-state index >= 15 is 0 Å². The molecule has 1 aliphatic rings. The van der Waals surface area contributed by atoms with E-state index in [-0.39, 0.29) is 0 Å². The number of para-hydroxylation sites is 1. The fraction of sp³-hybridized carbons (Fsp3) is 0.533. The lowest BCUT2D eigenvalue weighted by molar-refractivity contribution is -0.120. The molecule has 0 aliphatic heterocycles. The number of ketones is 1. The normalized spacial score (nSPS) is 16.0. The highest BCUT2D eigenvalue weighted by molar-refractivity contribution is 5.78. The van der Waals surface area contributed by atoms with Crippen LogP contribution in [0, 0.1) is 5.92 Å². The van der Waals surface area contributed by atoms with Crippen LogP contribution in [0.4, 0.5) is 0 Å². The Morgan fingerprint density at radius 1 is 1.18 bits per heavy atom. The molecule has 0 heterocycles. The zero-order valence-corrected chi connectivity index (χ0v) is 10.2. The van der Waals surface area contributed by atoms with E-state index in [1.165, 1.54) is 25.7 Å². The molecule has 0 saturated heterocycles. The molecule has 0 amide bonds. The van der Waals surface area contributed by atoms with Crippen molar-refractivity contribution in [2.24, 2.45) is 5.92 Å². The van der Waals surface area contributed by atoms with Crippen LogP contribution in [-0.2, 0) is 4.79 Å². The molecule has 1 fully saturated rings. The van der Waals surface area contributed by atoms with Crippen LogP contribution in [0.2, 0.25) is 0 Å². The molecule has 17 heavy (non-hydrogen) atoms. The van der Waals surface area contributed by atoms with Gasteiger partial charge in [-0.25, -0.2) is 0 Å². The highest BCUT2D eigenvalue weighted by Crippen LogP contribution is 2.27. The second-order valence-electron chi connectivity index (χ2n) is 4.80. The molecular weight excluding hydrogens is 212 g/mol. The van der Waals surface area contributed by atoms with E-state index < -0.39 is 0 Å². The van der Waals surface area contributed by atoms with Crippen LogP contribution in [0.5, 0.6) is 5.75 Å². The van der Waals surface area contributed by atoms with Gasteiger partial charge in [0.05, 0.1) is 6.61 Å². The van der Waals surface area contributed by atoms with Crippen molar-refractivity contribution in [1.29, 1.82) is 0 Å². The predicted molar refractivity (Wildman–Crippen MR) is 68.1 cm³/mol. The van der Waals surface area contributed by atoms with Crippen LogP contribution in [0.15, 0.2) is 30.3 Å². The van der Waals surface area contributed by atoms with Gasteiger partial charge >= 0.3 is 0 Å². The van der Waals surface area contributed by atoms with Crippen LogP contribution in [0.3, 0.4) is 0 Å². The van der Waals surface area contributed by atoms with E-state index in [1.807, 2.05) is 30.3 Å². The van der Waals surface area contributed by atoms with E-state index in [9.17, 15) is 4.79 Å². The smallest absolute Gasteiger partial charge is 0.136 e. The Balaban J connectivity index is 1.63. The Morgan fingerprint density at radius 3 is 2.59 bits per heavy atom. The topological polar surface area (TPSA) is 26.3 Å². The molecule has 0 aromatic heterocycles. The molecule has 1 saturated carbocycles. The van der Waals surface area contributed by atoms with Crippen LogP contribution in [-0.4, -0.2) is 12.4 Å². The third-order valence-electron chi connectivity index (χ3n) is 3.38. The summed E-state index contributed by atoms with van der Waals surface area (Å²) in [5.41, 5.74) is 0. The lowest BCUT2D eigenvalue weighted by Crippen LogP contribution is -2.09. The number of benzene rings is 1. The third kappa shape index (κ3) is 4.22. The summed E-state index contributed by atoms with van der Waals surface area (Å²) >= 11 is 0. The van der Waals surface area contributed by atoms with Crippen molar-refractivity contribution >= 4 is 5.78 Å². The number of carbonyl (C=O) groups is 1. The first-order valence-electron chi connectivity index (χ1n) is 6.54. The minimum Gasteiger partial charge on any atom is -0.493 e. The number of carbonyl (C=O) groups excluding carboxylic acids is 1. The number of hydrogen-bond donors (Lipinski definition) is 0. The molecule has 1 aromatic rings. The SMILES string of the molecule is O=C(CCOc1ccccc1)CC1CCCC1. The monoisotopic (exact) mass is 232 g/mol. The number of hydrogen-bond acceptors (Lipinski definition) is 2. The summed E-state index contributed by atoms with van der Waals surface area (Å²) in [4.78, 5) is 11.7. The minimum absolute atomic E-state index is 0.354. The van der Waals surface area contributed by atoms with Gasteiger partial charge in [-0.15, -0.1) is 0 Å². The highest BCUT2D eigenvalue weighted by atomic mass is 16.5. The number of ether oxygens (including phenoxy) is 1. The van der Waals surface area contributed by atoms with Gasteiger partial charge in [0.2, 0.25) is 0 Å². The van der Waals surface area contributed by atoms with Gasteiger partial charge in [0.25, 0.3) is 0 Å². The molecule has 92 valence electrons. The zero-order valence-electron chi connectivity index (χ0n) is 10.2. The Labute approximate surface area is 103 Å². The zero-order chi connectivity index (χ0) is 11.9. The summed E-state index contributed by atoms with van der Waals surface area (Å²) in [5, 5.41) is 0. The van der Waals surface area contributed by atoms with Crippen molar-refractivity contribution in [2.45, 2.75) is 38.5 Å². The van der Waals surface area contributed by atoms with Gasteiger partial charge in [-0.05, 0) is 18.1 Å². The van der Waals surface area contributed by atoms with Crippen molar-refractivity contribution in [2.75, 3.05) is 6.61 Å². The summed E-state index contributed by atoms with van der Waals surface area (Å²) in [6.07, 6.45) is 6.40. The van der Waals surface area contributed by atoms with E-state index in [4.69, 9.17) is 4.74 Å². The average Bonchev–Trinajstić information content (AvgIpc) is 2.83. The second-order valence-corrected chi connectivity index (χ2v) is 4.80. The Hall–Kier alpha value is -1.31. The molecule has 2 rings (SSSR count). The molecule has 1 aliphatic carbocycles. The molecule has 2 heteroatoms. The van der Waals surface area contributed by atoms with Gasteiger partial charge < -0.3 is 4.74 Å². The Kier molecular flexibility index (Phi) is 4.60. The van der Waals surface area contributed by atoms with E-state index in [2.05, 4.69) is 0 Å². The summed E-state index contributed by atoms with van der Waals surface area (Å²) in [7, 11) is 0. The maximum Gasteiger partial charge on any atom is 0.136 e. The molecule has 0 bridgehead atoms. The molecule has 0 spiro atoms. The van der Waals surface area contributed by atoms with Crippen molar-refractivity contribution in [3.8, 4) is 5.75 Å². The van der Waals surface area contributed by atoms with Gasteiger partial charge in [-0.3, -0.25) is 4.79 Å². The van der Waals surface area contributed by atoms with E-state index in [0.717, 1.165) is 12.2 Å². The molecule has 1 aromatic carbocycles. The molecular formula is C15H20O2. The van der Waals surface area contributed by atoms with Gasteiger partial charge in [0.15, 0.2) is 0 Å². The first kappa shape index (κ1) is 12.2. The summed E-state index contributed by atoms with van der Waals surface area (Å²) in [5.74, 6) is 1.85. The summed E-state index contributed by atoms with van der Waals surface area (Å²) in [6, 6.07) is 9.67. The number of rotatable bonds is 6. The van der Waals surface area contributed by atoms with Gasteiger partial charge in [-0.1, -0.05) is 43.9 Å². The largest absolute Gasteiger partial charge is 0.493 e. The number of Topliss-reactive ketones (excluding diaryl/α,β-unsaturated/α-hetero) is 1. The first-order valence-corrected chi connectivity index (χ1v) is 6.54. The maximum atomic E-state index is 11.7. The van der Waals surface area contributed by atoms with E-state index in [1.54, 1.807) is 0 Å². The average molecular weight is 232 g/mol. The molecule has 2 nitrogen and oxygen atoms in total. The van der Waals surface area contributed by atoms with Crippen LogP contribution in [0.25, 0.3) is 0 Å². The van der Waals surface area contributed by atoms with Crippen molar-refractivity contribution < 1.29 is 9.53 Å². The van der Waals surface area contributed by atoms with Crippen LogP contribution in [0.1, 0.15) is 38.5 Å². The van der Waals surface area contributed by atoms with Gasteiger partial charge in [-0.2, -0.15) is 0 Å². The molecule has 0 unspecified atom stereocenters. The van der Waals surface area contributed by atoms with Crippen LogP contribution < -0.4 is 4.74 Å². The maximum absolute atomic E-state index is 11.7. The molecule has 0 radical (unpaired) electrons. The Bertz CT molecular complexity index is 339. The minimum atomic E-state index is 0.354. The second kappa shape index (κ2) is 6.43. The molecule has 0 atom stereocenters. The van der Waals surface area contributed by atoms with Crippen LogP contribution >= 0.6 is 0 Å². The standard InChI is InChI=1S/C15H20O2/c16-14(12-13-6-4-5-7-13)10-11-17-15-8-2-1-3-9-15/h1-3,8-9,13H,4-7,10-12H2. The summed E-state index contributed by atoms with van der Waals surface area (Å²) < 4.78 is 5.52. The highest BCUT2D eigenvalue weighted by Gasteiger charge is 2.18.